The minimum Gasteiger partial charge on any atom is -0.473 e. The molecular formula is C17H30N2O4. The van der Waals surface area contributed by atoms with Crippen LogP contribution in [-0.2, 0) is 9.59 Å². The highest BCUT2D eigenvalue weighted by Crippen LogP contribution is 2.27. The number of nitrogens with zero attached hydrogens (tertiary/aromatic N) is 2. The lowest BCUT2D eigenvalue weighted by atomic mass is 9.92. The van der Waals surface area contributed by atoms with Crippen molar-refractivity contribution < 1.29 is 19.8 Å². The predicted octanol–water partition coefficient (Wildman–Crippen LogP) is 2.03. The fraction of sp³-hybridized carbons (Fsp3) is 0.882. The summed E-state index contributed by atoms with van der Waals surface area (Å²) in [6, 6.07) is 1.88. The molecule has 0 aromatic heterocycles. The number of likely N-dealkylation sites (tertiary alicyclic amines) is 2. The zero-order valence-electron chi connectivity index (χ0n) is 14.0. The summed E-state index contributed by atoms with van der Waals surface area (Å²) in [6.07, 6.45) is 13.2. The Morgan fingerprint density at radius 2 is 1.04 bits per heavy atom. The molecule has 3 aliphatic rings. The molecule has 0 amide bonds. The predicted molar refractivity (Wildman–Crippen MR) is 87.5 cm³/mol. The largest absolute Gasteiger partial charge is 0.473 e. The van der Waals surface area contributed by atoms with Crippen molar-refractivity contribution in [3.63, 3.8) is 0 Å². The summed E-state index contributed by atoms with van der Waals surface area (Å²) in [5.74, 6) is -3.65. The van der Waals surface area contributed by atoms with Crippen LogP contribution in [0.3, 0.4) is 0 Å². The molecule has 3 rings (SSSR count). The van der Waals surface area contributed by atoms with Gasteiger partial charge in [-0.1, -0.05) is 19.3 Å². The minimum absolute atomic E-state index is 0.928. The van der Waals surface area contributed by atoms with Crippen molar-refractivity contribution >= 4 is 11.9 Å². The van der Waals surface area contributed by atoms with Gasteiger partial charge in [0.15, 0.2) is 0 Å². The summed E-state index contributed by atoms with van der Waals surface area (Å²) in [5, 5.41) is 14.8. The molecule has 0 aromatic carbocycles. The van der Waals surface area contributed by atoms with E-state index in [0.29, 0.717) is 0 Å². The molecule has 0 radical (unpaired) electrons. The van der Waals surface area contributed by atoms with Gasteiger partial charge in [0.05, 0.1) is 0 Å². The summed E-state index contributed by atoms with van der Waals surface area (Å²) in [5.41, 5.74) is 0. The monoisotopic (exact) mass is 326 g/mol. The van der Waals surface area contributed by atoms with Crippen molar-refractivity contribution in [3.05, 3.63) is 0 Å². The summed E-state index contributed by atoms with van der Waals surface area (Å²) >= 11 is 0. The van der Waals surface area contributed by atoms with Crippen molar-refractivity contribution in [3.8, 4) is 0 Å². The first-order chi connectivity index (χ1) is 11.1. The van der Waals surface area contributed by atoms with E-state index in [4.69, 9.17) is 19.8 Å². The van der Waals surface area contributed by atoms with E-state index in [1.54, 1.807) is 0 Å². The molecule has 0 unspecified atom stereocenters. The maximum atomic E-state index is 9.10. The third-order valence-corrected chi connectivity index (χ3v) is 5.43. The van der Waals surface area contributed by atoms with Crippen molar-refractivity contribution in [2.24, 2.45) is 0 Å². The van der Waals surface area contributed by atoms with Crippen LogP contribution >= 0.6 is 0 Å². The third kappa shape index (κ3) is 5.77. The Labute approximate surface area is 138 Å². The molecular weight excluding hydrogens is 296 g/mol. The van der Waals surface area contributed by atoms with E-state index in [1.807, 2.05) is 0 Å². The van der Waals surface area contributed by atoms with Gasteiger partial charge in [-0.25, -0.2) is 9.59 Å². The molecule has 2 N–H and O–H groups in total. The van der Waals surface area contributed by atoms with Crippen molar-refractivity contribution in [2.45, 2.75) is 69.9 Å². The molecule has 6 nitrogen and oxygen atoms in total. The average molecular weight is 326 g/mol. The van der Waals surface area contributed by atoms with Gasteiger partial charge < -0.3 is 20.0 Å². The second kappa shape index (κ2) is 9.23. The molecule has 6 heteroatoms. The van der Waals surface area contributed by atoms with E-state index < -0.39 is 11.9 Å². The van der Waals surface area contributed by atoms with Gasteiger partial charge in [0.25, 0.3) is 0 Å². The second-order valence-corrected chi connectivity index (χ2v) is 6.91. The number of aliphatic carboxylic acids is 2. The number of piperidine rings is 1. The number of hydrogen-bond donors (Lipinski definition) is 2. The molecule has 1 saturated carbocycles. The van der Waals surface area contributed by atoms with E-state index in [2.05, 4.69) is 9.80 Å². The Balaban J connectivity index is 0.000000277. The van der Waals surface area contributed by atoms with Crippen LogP contribution in [0.1, 0.15) is 57.8 Å². The van der Waals surface area contributed by atoms with Crippen molar-refractivity contribution in [1.82, 2.24) is 9.80 Å². The third-order valence-electron chi connectivity index (χ3n) is 5.43. The highest BCUT2D eigenvalue weighted by Gasteiger charge is 2.29. The smallest absolute Gasteiger partial charge is 0.414 e. The first-order valence-electron chi connectivity index (χ1n) is 9.02. The lowest BCUT2D eigenvalue weighted by Gasteiger charge is -2.41. The van der Waals surface area contributed by atoms with Gasteiger partial charge in [0, 0.05) is 12.1 Å². The van der Waals surface area contributed by atoms with Gasteiger partial charge in [-0.05, 0) is 64.7 Å². The standard InChI is InChI=1S/C15H28N2.C2H2O4/c1-2-6-14(7-3-1)17-12-8-15(9-13-17)16-10-4-5-11-16;3-1(4)2(5)6/h14-15H,1-13H2;(H,3,4)(H,5,6). The van der Waals surface area contributed by atoms with E-state index in [1.165, 1.54) is 84.0 Å². The van der Waals surface area contributed by atoms with E-state index in [9.17, 15) is 0 Å². The summed E-state index contributed by atoms with van der Waals surface area (Å²) in [7, 11) is 0. The topological polar surface area (TPSA) is 81.1 Å². The first kappa shape index (κ1) is 18.2. The number of carbonyl (C=O) groups is 2. The first-order valence-corrected chi connectivity index (χ1v) is 9.02. The quantitative estimate of drug-likeness (QED) is 0.756. The Morgan fingerprint density at radius 1 is 0.609 bits per heavy atom. The molecule has 0 atom stereocenters. The molecule has 0 aromatic rings. The minimum atomic E-state index is -1.82. The van der Waals surface area contributed by atoms with Gasteiger partial charge in [-0.15, -0.1) is 0 Å². The number of rotatable bonds is 2. The normalized spacial score (nSPS) is 24.9. The highest BCUT2D eigenvalue weighted by atomic mass is 16.4. The number of carboxylic acid groups (broad SMARTS) is 2. The fourth-order valence-electron chi connectivity index (χ4n) is 4.17. The van der Waals surface area contributed by atoms with Gasteiger partial charge in [0.1, 0.15) is 0 Å². The number of carboxylic acids is 2. The van der Waals surface area contributed by atoms with Crippen LogP contribution in [0.5, 0.6) is 0 Å². The van der Waals surface area contributed by atoms with Crippen LogP contribution in [0.2, 0.25) is 0 Å². The van der Waals surface area contributed by atoms with E-state index in [-0.39, 0.29) is 0 Å². The van der Waals surface area contributed by atoms with Gasteiger partial charge in [0.2, 0.25) is 0 Å². The van der Waals surface area contributed by atoms with E-state index >= 15 is 0 Å². The Morgan fingerprint density at radius 3 is 1.52 bits per heavy atom. The van der Waals surface area contributed by atoms with Crippen LogP contribution in [0.15, 0.2) is 0 Å². The molecule has 2 heterocycles. The molecule has 23 heavy (non-hydrogen) atoms. The highest BCUT2D eigenvalue weighted by molar-refractivity contribution is 6.27. The lowest BCUT2D eigenvalue weighted by Crippen LogP contribution is -2.47. The average Bonchev–Trinajstić information content (AvgIpc) is 3.11. The van der Waals surface area contributed by atoms with Crippen LogP contribution in [0.4, 0.5) is 0 Å². The second-order valence-electron chi connectivity index (χ2n) is 6.91. The van der Waals surface area contributed by atoms with Gasteiger partial charge in [-0.3, -0.25) is 0 Å². The zero-order chi connectivity index (χ0) is 16.7. The van der Waals surface area contributed by atoms with Gasteiger partial charge in [-0.2, -0.15) is 0 Å². The van der Waals surface area contributed by atoms with Crippen molar-refractivity contribution in [2.75, 3.05) is 26.2 Å². The van der Waals surface area contributed by atoms with Gasteiger partial charge >= 0.3 is 11.9 Å². The summed E-state index contributed by atoms with van der Waals surface area (Å²) in [6.45, 7) is 5.53. The molecule has 132 valence electrons. The molecule has 0 spiro atoms. The summed E-state index contributed by atoms with van der Waals surface area (Å²) < 4.78 is 0. The SMILES string of the molecule is C1CCC(N2CCC(N3CCCC3)CC2)CC1.O=C(O)C(=O)O. The zero-order valence-corrected chi connectivity index (χ0v) is 14.0. The van der Waals surface area contributed by atoms with Crippen molar-refractivity contribution in [1.29, 1.82) is 0 Å². The molecule has 0 bridgehead atoms. The summed E-state index contributed by atoms with van der Waals surface area (Å²) in [4.78, 5) is 23.8. The number of hydrogen-bond acceptors (Lipinski definition) is 4. The van der Waals surface area contributed by atoms with Crippen LogP contribution in [0.25, 0.3) is 0 Å². The Hall–Kier alpha value is -1.14. The fourth-order valence-corrected chi connectivity index (χ4v) is 4.17. The molecule has 2 saturated heterocycles. The molecule has 2 aliphatic heterocycles. The van der Waals surface area contributed by atoms with Crippen LogP contribution in [0, 0.1) is 0 Å². The molecule has 1 aliphatic carbocycles. The Kier molecular flexibility index (Phi) is 7.30. The maximum absolute atomic E-state index is 9.10. The van der Waals surface area contributed by atoms with Crippen LogP contribution in [-0.4, -0.2) is 70.2 Å². The van der Waals surface area contributed by atoms with Crippen LogP contribution < -0.4 is 0 Å². The van der Waals surface area contributed by atoms with E-state index in [0.717, 1.165) is 12.1 Å². The Bertz CT molecular complexity index is 370. The lowest BCUT2D eigenvalue weighted by molar-refractivity contribution is -0.159. The molecule has 3 fully saturated rings. The maximum Gasteiger partial charge on any atom is 0.414 e.